The fourth-order valence-electron chi connectivity index (χ4n) is 3.51. The zero-order valence-corrected chi connectivity index (χ0v) is 12.3. The summed E-state index contributed by atoms with van der Waals surface area (Å²) < 4.78 is 6.20. The van der Waals surface area contributed by atoms with Crippen LogP contribution in [0.3, 0.4) is 0 Å². The Balaban J connectivity index is 1.81. The Morgan fingerprint density at radius 2 is 1.81 bits per heavy atom. The van der Waals surface area contributed by atoms with Gasteiger partial charge in [-0.1, -0.05) is 42.6 Å². The van der Waals surface area contributed by atoms with Crippen molar-refractivity contribution in [3.8, 4) is 0 Å². The maximum atomic E-state index is 6.20. The van der Waals surface area contributed by atoms with Crippen LogP contribution in [0.2, 0.25) is 0 Å². The number of rotatable bonds is 5. The van der Waals surface area contributed by atoms with E-state index in [0.717, 1.165) is 12.5 Å². The molecule has 1 nitrogen and oxygen atoms in total. The van der Waals surface area contributed by atoms with E-state index >= 15 is 0 Å². The van der Waals surface area contributed by atoms with Crippen LogP contribution in [0.4, 0.5) is 0 Å². The molecule has 0 aromatic carbocycles. The zero-order chi connectivity index (χ0) is 11.6. The summed E-state index contributed by atoms with van der Waals surface area (Å²) in [4.78, 5) is 0.684. The number of halogens is 1. The predicted molar refractivity (Wildman–Crippen MR) is 72.0 cm³/mol. The van der Waals surface area contributed by atoms with E-state index in [0.29, 0.717) is 16.3 Å². The molecule has 94 valence electrons. The summed E-state index contributed by atoms with van der Waals surface area (Å²) in [6, 6.07) is 0. The first-order chi connectivity index (χ1) is 7.73. The maximum absolute atomic E-state index is 6.20. The fraction of sp³-hybridized carbons (Fsp3) is 1.00. The summed E-state index contributed by atoms with van der Waals surface area (Å²) in [6.45, 7) is 5.64. The van der Waals surface area contributed by atoms with E-state index < -0.39 is 0 Å². The number of hydrogen-bond acceptors (Lipinski definition) is 1. The van der Waals surface area contributed by atoms with E-state index in [4.69, 9.17) is 4.74 Å². The topological polar surface area (TPSA) is 9.23 Å². The fourth-order valence-corrected chi connectivity index (χ4v) is 4.79. The van der Waals surface area contributed by atoms with Gasteiger partial charge in [-0.15, -0.1) is 0 Å². The van der Waals surface area contributed by atoms with E-state index in [1.54, 1.807) is 0 Å². The van der Waals surface area contributed by atoms with Crippen LogP contribution in [0.15, 0.2) is 0 Å². The third kappa shape index (κ3) is 2.20. The summed E-state index contributed by atoms with van der Waals surface area (Å²) in [5.41, 5.74) is 0.429. The summed E-state index contributed by atoms with van der Waals surface area (Å²) in [7, 11) is 0. The Bertz CT molecular complexity index is 219. The van der Waals surface area contributed by atoms with Crippen LogP contribution in [0.25, 0.3) is 0 Å². The van der Waals surface area contributed by atoms with Gasteiger partial charge in [-0.25, -0.2) is 0 Å². The van der Waals surface area contributed by atoms with Crippen LogP contribution in [0, 0.1) is 11.3 Å². The van der Waals surface area contributed by atoms with Gasteiger partial charge in [-0.2, -0.15) is 0 Å². The second-order valence-electron chi connectivity index (χ2n) is 5.62. The van der Waals surface area contributed by atoms with Gasteiger partial charge in [0.2, 0.25) is 0 Å². The van der Waals surface area contributed by atoms with Crippen LogP contribution >= 0.6 is 15.9 Å². The number of alkyl halides is 1. The molecule has 2 fully saturated rings. The molecule has 0 heterocycles. The standard InChI is InChI=1S/C14H25BrO/c1-3-14(4-2)12(15)9-13(14)16-10-11-7-5-6-8-11/h11-13H,3-10H2,1-2H3. The van der Waals surface area contributed by atoms with Gasteiger partial charge in [0.25, 0.3) is 0 Å². The molecular weight excluding hydrogens is 264 g/mol. The lowest BCUT2D eigenvalue weighted by Gasteiger charge is -2.53. The minimum absolute atomic E-state index is 0.429. The predicted octanol–water partition coefficient (Wildman–Crippen LogP) is 4.54. The Hall–Kier alpha value is 0.440. The van der Waals surface area contributed by atoms with E-state index in [9.17, 15) is 0 Å². The third-order valence-corrected chi connectivity index (χ3v) is 6.30. The first-order valence-electron chi connectivity index (χ1n) is 6.98. The molecule has 0 aromatic rings. The molecule has 2 aliphatic rings. The monoisotopic (exact) mass is 288 g/mol. The van der Waals surface area contributed by atoms with Gasteiger partial charge in [0.1, 0.15) is 0 Å². The first kappa shape index (κ1) is 12.9. The number of ether oxygens (including phenoxy) is 1. The van der Waals surface area contributed by atoms with Crippen molar-refractivity contribution in [1.82, 2.24) is 0 Å². The van der Waals surface area contributed by atoms with Crippen molar-refractivity contribution in [2.24, 2.45) is 11.3 Å². The van der Waals surface area contributed by atoms with Crippen LogP contribution in [0.1, 0.15) is 58.8 Å². The highest BCUT2D eigenvalue weighted by atomic mass is 79.9. The van der Waals surface area contributed by atoms with E-state index in [1.807, 2.05) is 0 Å². The molecule has 2 rings (SSSR count). The molecular formula is C14H25BrO. The highest BCUT2D eigenvalue weighted by Crippen LogP contribution is 2.52. The molecule has 0 N–H and O–H groups in total. The van der Waals surface area contributed by atoms with Crippen molar-refractivity contribution in [3.05, 3.63) is 0 Å². The van der Waals surface area contributed by atoms with E-state index in [1.165, 1.54) is 44.9 Å². The molecule has 2 aliphatic carbocycles. The van der Waals surface area contributed by atoms with Gasteiger partial charge >= 0.3 is 0 Å². The lowest BCUT2D eigenvalue weighted by atomic mass is 9.62. The highest BCUT2D eigenvalue weighted by Gasteiger charge is 2.52. The Morgan fingerprint density at radius 3 is 2.31 bits per heavy atom. The molecule has 0 radical (unpaired) electrons. The van der Waals surface area contributed by atoms with Crippen molar-refractivity contribution < 1.29 is 4.74 Å². The Morgan fingerprint density at radius 1 is 1.19 bits per heavy atom. The SMILES string of the molecule is CCC1(CC)C(Br)CC1OCC1CCCC1. The summed E-state index contributed by atoms with van der Waals surface area (Å²) in [5.74, 6) is 0.862. The second-order valence-corrected chi connectivity index (χ2v) is 6.72. The van der Waals surface area contributed by atoms with Gasteiger partial charge in [-0.3, -0.25) is 0 Å². The van der Waals surface area contributed by atoms with Gasteiger partial charge < -0.3 is 4.74 Å². The average Bonchev–Trinajstić information content (AvgIpc) is 2.78. The highest BCUT2D eigenvalue weighted by molar-refractivity contribution is 9.09. The van der Waals surface area contributed by atoms with Crippen molar-refractivity contribution in [3.63, 3.8) is 0 Å². The molecule has 2 unspecified atom stereocenters. The number of hydrogen-bond donors (Lipinski definition) is 0. The summed E-state index contributed by atoms with van der Waals surface area (Å²) >= 11 is 3.82. The van der Waals surface area contributed by atoms with Gasteiger partial charge in [-0.05, 0) is 38.0 Å². The van der Waals surface area contributed by atoms with Crippen LogP contribution < -0.4 is 0 Å². The van der Waals surface area contributed by atoms with Crippen LogP contribution in [-0.4, -0.2) is 17.5 Å². The molecule has 0 aliphatic heterocycles. The van der Waals surface area contributed by atoms with Crippen molar-refractivity contribution >= 4 is 15.9 Å². The van der Waals surface area contributed by atoms with Gasteiger partial charge in [0, 0.05) is 16.8 Å². The zero-order valence-electron chi connectivity index (χ0n) is 10.7. The molecule has 0 spiro atoms. The lowest BCUT2D eigenvalue weighted by Crippen LogP contribution is -2.55. The largest absolute Gasteiger partial charge is 0.377 e. The first-order valence-corrected chi connectivity index (χ1v) is 7.90. The molecule has 0 saturated heterocycles. The minimum Gasteiger partial charge on any atom is -0.377 e. The second kappa shape index (κ2) is 5.39. The van der Waals surface area contributed by atoms with Crippen molar-refractivity contribution in [2.75, 3.05) is 6.61 Å². The van der Waals surface area contributed by atoms with E-state index in [-0.39, 0.29) is 0 Å². The molecule has 2 saturated carbocycles. The molecule has 0 amide bonds. The third-order valence-electron chi connectivity index (χ3n) is 5.01. The van der Waals surface area contributed by atoms with Crippen molar-refractivity contribution in [1.29, 1.82) is 0 Å². The molecule has 2 atom stereocenters. The van der Waals surface area contributed by atoms with E-state index in [2.05, 4.69) is 29.8 Å². The minimum atomic E-state index is 0.429. The van der Waals surface area contributed by atoms with Crippen molar-refractivity contribution in [2.45, 2.75) is 69.7 Å². The van der Waals surface area contributed by atoms with Gasteiger partial charge in [0.15, 0.2) is 0 Å². The molecule has 0 bridgehead atoms. The smallest absolute Gasteiger partial charge is 0.0652 e. The average molecular weight is 289 g/mol. The summed E-state index contributed by atoms with van der Waals surface area (Å²) in [5, 5.41) is 0. The lowest BCUT2D eigenvalue weighted by molar-refractivity contribution is -0.116. The quantitative estimate of drug-likeness (QED) is 0.675. The Kier molecular flexibility index (Phi) is 4.34. The summed E-state index contributed by atoms with van der Waals surface area (Å²) in [6.07, 6.45) is 9.87. The maximum Gasteiger partial charge on any atom is 0.0652 e. The Labute approximate surface area is 108 Å². The van der Waals surface area contributed by atoms with Gasteiger partial charge in [0.05, 0.1) is 6.10 Å². The molecule has 16 heavy (non-hydrogen) atoms. The molecule has 2 heteroatoms. The van der Waals surface area contributed by atoms with Crippen LogP contribution in [-0.2, 0) is 4.74 Å². The molecule has 0 aromatic heterocycles. The normalized spacial score (nSPS) is 33.9. The van der Waals surface area contributed by atoms with Crippen LogP contribution in [0.5, 0.6) is 0 Å².